The zero-order valence-electron chi connectivity index (χ0n) is 18.3. The number of hydrogen-bond acceptors (Lipinski definition) is 5. The number of benzene rings is 2. The summed E-state index contributed by atoms with van der Waals surface area (Å²) in [5.74, 6) is 0.127. The molecule has 2 aromatic rings. The van der Waals surface area contributed by atoms with Gasteiger partial charge >= 0.3 is 6.03 Å². The normalized spacial score (nSPS) is 21.9. The second-order valence-electron chi connectivity index (χ2n) is 8.55. The average Bonchev–Trinajstić information content (AvgIpc) is 3.01. The molecule has 2 bridgehead atoms. The Labute approximate surface area is 215 Å². The van der Waals surface area contributed by atoms with Gasteiger partial charge in [0.25, 0.3) is 5.91 Å². The second-order valence-corrected chi connectivity index (χ2v) is 10.5. The molecule has 1 unspecified atom stereocenters. The molecule has 180 valence electrons. The van der Waals surface area contributed by atoms with Gasteiger partial charge in [0.05, 0.1) is 13.2 Å². The second kappa shape index (κ2) is 11.2. The van der Waals surface area contributed by atoms with Crippen LogP contribution < -0.4 is 15.8 Å². The number of nitrogens with one attached hydrogen (secondary N) is 1. The molecule has 0 saturated carbocycles. The molecule has 2 saturated heterocycles. The van der Waals surface area contributed by atoms with E-state index in [-0.39, 0.29) is 18.6 Å². The molecule has 0 aromatic heterocycles. The third kappa shape index (κ3) is 5.99. The van der Waals surface area contributed by atoms with Crippen LogP contribution in [0.5, 0.6) is 5.75 Å². The molecule has 2 fully saturated rings. The fourth-order valence-corrected chi connectivity index (χ4v) is 6.33. The fraction of sp³-hybridized carbons (Fsp3) is 0.391. The Morgan fingerprint density at radius 1 is 1.12 bits per heavy atom. The van der Waals surface area contributed by atoms with Crippen LogP contribution in [-0.4, -0.2) is 46.2 Å². The van der Waals surface area contributed by atoms with Gasteiger partial charge in [-0.3, -0.25) is 14.4 Å². The Kier molecular flexibility index (Phi) is 8.27. The van der Waals surface area contributed by atoms with Gasteiger partial charge in [-0.25, -0.2) is 4.79 Å². The van der Waals surface area contributed by atoms with Crippen molar-refractivity contribution in [2.24, 2.45) is 5.73 Å². The van der Waals surface area contributed by atoms with Crippen molar-refractivity contribution in [1.29, 1.82) is 0 Å². The predicted octanol–water partition coefficient (Wildman–Crippen LogP) is 5.21. The molecule has 3 amide bonds. The van der Waals surface area contributed by atoms with Crippen LogP contribution >= 0.6 is 30.7 Å². The number of halogens is 2. The number of nitrogens with two attached hydrogens (primary N) is 1. The smallest absolute Gasteiger partial charge is 0.316 e. The lowest BCUT2D eigenvalue weighted by molar-refractivity contribution is -0.130. The summed E-state index contributed by atoms with van der Waals surface area (Å²) < 4.78 is 7.44. The number of amides is 3. The van der Waals surface area contributed by atoms with Crippen molar-refractivity contribution in [3.8, 4) is 5.75 Å². The molecule has 0 spiro atoms. The minimum atomic E-state index is -0.745. The summed E-state index contributed by atoms with van der Waals surface area (Å²) in [5, 5.41) is 3.61. The van der Waals surface area contributed by atoms with E-state index < -0.39 is 6.03 Å². The van der Waals surface area contributed by atoms with Crippen molar-refractivity contribution in [2.45, 2.75) is 50.4 Å². The highest BCUT2D eigenvalue weighted by molar-refractivity contribution is 7.95. The van der Waals surface area contributed by atoms with Crippen LogP contribution in [0.3, 0.4) is 0 Å². The van der Waals surface area contributed by atoms with Crippen LogP contribution in [0.2, 0.25) is 10.0 Å². The van der Waals surface area contributed by atoms with Gasteiger partial charge in [0.1, 0.15) is 5.75 Å². The lowest BCUT2D eigenvalue weighted by Gasteiger charge is -2.41. The number of rotatable bonds is 8. The number of fused-ring (bicyclic) bond motifs is 2. The molecular formula is C23H25Cl2N4O3PS. The Morgan fingerprint density at radius 2 is 1.76 bits per heavy atom. The van der Waals surface area contributed by atoms with Gasteiger partial charge in [0.2, 0.25) is 0 Å². The van der Waals surface area contributed by atoms with Crippen molar-refractivity contribution in [3.63, 3.8) is 0 Å². The third-order valence-corrected chi connectivity index (χ3v) is 8.12. The minimum absolute atomic E-state index is 0.0719. The van der Waals surface area contributed by atoms with E-state index >= 15 is 0 Å². The third-order valence-electron chi connectivity index (χ3n) is 6.38. The molecule has 11 heteroatoms. The number of nitrogens with zero attached hydrogens (tertiary/aromatic N) is 2. The highest BCUT2D eigenvalue weighted by atomic mass is 35.5. The summed E-state index contributed by atoms with van der Waals surface area (Å²) >= 11 is 17.3. The monoisotopic (exact) mass is 538 g/mol. The lowest BCUT2D eigenvalue weighted by Crippen LogP contribution is -2.49. The maximum absolute atomic E-state index is 13.0. The van der Waals surface area contributed by atoms with Gasteiger partial charge in [-0.05, 0) is 73.4 Å². The summed E-state index contributed by atoms with van der Waals surface area (Å²) in [7, 11) is 0.476. The Morgan fingerprint density at radius 3 is 2.38 bits per heavy atom. The van der Waals surface area contributed by atoms with Crippen LogP contribution in [0.15, 0.2) is 42.5 Å². The average molecular weight is 539 g/mol. The summed E-state index contributed by atoms with van der Waals surface area (Å²) in [5.41, 5.74) is 6.77. The zero-order valence-corrected chi connectivity index (χ0v) is 21.5. The maximum Gasteiger partial charge on any atom is 0.316 e. The molecule has 2 heterocycles. The first kappa shape index (κ1) is 25.1. The van der Waals surface area contributed by atoms with E-state index in [0.29, 0.717) is 36.0 Å². The first-order valence-electron chi connectivity index (χ1n) is 11.0. The molecule has 2 aliphatic rings. The van der Waals surface area contributed by atoms with Crippen LogP contribution in [0.25, 0.3) is 0 Å². The Hall–Kier alpha value is -1.96. The molecule has 0 aliphatic carbocycles. The Balaban J connectivity index is 1.38. The Bertz CT molecular complexity index is 1060. The summed E-state index contributed by atoms with van der Waals surface area (Å²) in [6.45, 7) is 0.688. The summed E-state index contributed by atoms with van der Waals surface area (Å²) in [4.78, 5) is 26.9. The number of primary amides is 1. The van der Waals surface area contributed by atoms with E-state index in [2.05, 4.69) is 22.3 Å². The number of ether oxygens (including phenoxy) is 1. The van der Waals surface area contributed by atoms with Crippen molar-refractivity contribution >= 4 is 60.1 Å². The van der Waals surface area contributed by atoms with Gasteiger partial charge in [-0.15, -0.1) is 0 Å². The van der Waals surface area contributed by atoms with Crippen LogP contribution in [0.4, 0.5) is 10.5 Å². The molecule has 7 nitrogen and oxygen atoms in total. The minimum Gasteiger partial charge on any atom is -0.482 e. The predicted molar refractivity (Wildman–Crippen MR) is 138 cm³/mol. The topological polar surface area (TPSA) is 87.9 Å². The SMILES string of the molecule is NC(=O)Nc1cc(Cl)ccc1OCC(=O)N(P=S)C1C[C@H]2CC[C@@H](C1)N2Cc1ccc(Cl)cc1. The first-order valence-corrected chi connectivity index (χ1v) is 13.6. The standard InChI is InChI=1S/C23H25Cl2N4O3PS/c24-15-3-1-14(2-4-15)12-28-17-6-7-18(28)11-19(10-17)29(33-34)22(30)13-32-21-8-5-16(25)9-20(21)27-23(26)31/h1-5,8-9,17-19H,6-7,10-13H2,(H3,26,27,31)/t17-,18+,19?. The highest BCUT2D eigenvalue weighted by Gasteiger charge is 2.43. The molecule has 3 atom stereocenters. The largest absolute Gasteiger partial charge is 0.482 e. The van der Waals surface area contributed by atoms with E-state index in [1.807, 2.05) is 12.1 Å². The fourth-order valence-electron chi connectivity index (χ4n) is 4.88. The quantitative estimate of drug-likeness (QED) is 0.450. The van der Waals surface area contributed by atoms with E-state index in [0.717, 1.165) is 37.3 Å². The molecule has 3 N–H and O–H groups in total. The van der Waals surface area contributed by atoms with E-state index in [9.17, 15) is 9.59 Å². The number of anilines is 1. The number of piperidine rings is 1. The first-order chi connectivity index (χ1) is 16.3. The van der Waals surface area contributed by atoms with Gasteiger partial charge in [-0.2, -0.15) is 0 Å². The number of carbonyl (C=O) groups is 2. The molecule has 2 aliphatic heterocycles. The number of urea groups is 1. The van der Waals surface area contributed by atoms with Crippen LogP contribution in [0, 0.1) is 0 Å². The van der Waals surface area contributed by atoms with Crippen LogP contribution in [0.1, 0.15) is 31.2 Å². The molecular weight excluding hydrogens is 514 g/mol. The lowest BCUT2D eigenvalue weighted by atomic mass is 9.96. The van der Waals surface area contributed by atoms with Crippen molar-refractivity contribution in [3.05, 3.63) is 58.1 Å². The van der Waals surface area contributed by atoms with E-state index in [4.69, 9.17) is 45.5 Å². The van der Waals surface area contributed by atoms with E-state index in [1.165, 1.54) is 11.6 Å². The zero-order chi connectivity index (χ0) is 24.2. The number of hydrogen-bond donors (Lipinski definition) is 2. The van der Waals surface area contributed by atoms with Gasteiger partial charge < -0.3 is 15.8 Å². The van der Waals surface area contributed by atoms with Crippen LogP contribution in [-0.2, 0) is 23.1 Å². The van der Waals surface area contributed by atoms with Crippen molar-refractivity contribution in [1.82, 2.24) is 9.57 Å². The molecule has 34 heavy (non-hydrogen) atoms. The number of carbonyl (C=O) groups excluding carboxylic acids is 2. The maximum atomic E-state index is 13.0. The highest BCUT2D eigenvalue weighted by Crippen LogP contribution is 2.40. The summed E-state index contributed by atoms with van der Waals surface area (Å²) in [6.07, 6.45) is 4.01. The molecule has 2 aromatic carbocycles. The van der Waals surface area contributed by atoms with Crippen molar-refractivity contribution in [2.75, 3.05) is 11.9 Å². The van der Waals surface area contributed by atoms with Gasteiger partial charge in [-0.1, -0.05) is 35.3 Å². The van der Waals surface area contributed by atoms with E-state index in [1.54, 1.807) is 16.8 Å². The summed E-state index contributed by atoms with van der Waals surface area (Å²) in [6, 6.07) is 12.9. The molecule has 0 radical (unpaired) electrons. The molecule has 4 rings (SSSR count). The van der Waals surface area contributed by atoms with Crippen molar-refractivity contribution < 1.29 is 14.3 Å². The van der Waals surface area contributed by atoms with Gasteiger partial charge in [0, 0.05) is 34.7 Å². The van der Waals surface area contributed by atoms with Gasteiger partial charge in [0.15, 0.2) is 6.61 Å².